The molecule has 1 aliphatic heterocycles. The molecule has 6 heteroatoms. The van der Waals surface area contributed by atoms with E-state index in [2.05, 4.69) is 31.3 Å². The Morgan fingerprint density at radius 2 is 1.72 bits per heavy atom. The minimum Gasteiger partial charge on any atom is -0.450 e. The first-order valence-electron chi connectivity index (χ1n) is 9.24. The fourth-order valence-corrected chi connectivity index (χ4v) is 3.21. The molecule has 1 heterocycles. The molecule has 6 nitrogen and oxygen atoms in total. The molecule has 138 valence electrons. The zero-order chi connectivity index (χ0) is 18.2. The number of ether oxygens (including phenoxy) is 1. The van der Waals surface area contributed by atoms with E-state index in [4.69, 9.17) is 4.74 Å². The highest BCUT2D eigenvalue weighted by molar-refractivity contribution is 5.93. The predicted octanol–water partition coefficient (Wildman–Crippen LogP) is 1.11. The number of rotatable bonds is 6. The van der Waals surface area contributed by atoms with Gasteiger partial charge in [-0.2, -0.15) is 0 Å². The molecule has 0 radical (unpaired) electrons. The number of amides is 2. The molecule has 0 aliphatic carbocycles. The van der Waals surface area contributed by atoms with E-state index < -0.39 is 0 Å². The third-order valence-electron chi connectivity index (χ3n) is 4.67. The number of hydrogen-bond donors (Lipinski definition) is 2. The molecule has 1 aliphatic rings. The quantitative estimate of drug-likeness (QED) is 0.809. The SMILES string of the molecule is CCOC(=O)N1CC[NH+](CC(=O)Nc2c(CC)cccc2CC)CC1. The average Bonchev–Trinajstić information content (AvgIpc) is 2.62. The van der Waals surface area contributed by atoms with E-state index in [9.17, 15) is 9.59 Å². The van der Waals surface area contributed by atoms with Gasteiger partial charge in [-0.05, 0) is 30.9 Å². The lowest BCUT2D eigenvalue weighted by molar-refractivity contribution is -0.895. The molecule has 2 rings (SSSR count). The second-order valence-corrected chi connectivity index (χ2v) is 6.32. The molecule has 0 saturated carbocycles. The van der Waals surface area contributed by atoms with Gasteiger partial charge in [0, 0.05) is 5.69 Å². The van der Waals surface area contributed by atoms with Gasteiger partial charge in [0.2, 0.25) is 0 Å². The maximum atomic E-state index is 12.5. The number of anilines is 1. The summed E-state index contributed by atoms with van der Waals surface area (Å²) in [6.07, 6.45) is 1.54. The number of carbonyl (C=O) groups is 2. The second kappa shape index (κ2) is 9.42. The van der Waals surface area contributed by atoms with Gasteiger partial charge in [0.25, 0.3) is 5.91 Å². The van der Waals surface area contributed by atoms with Gasteiger partial charge in [0.05, 0.1) is 32.8 Å². The number of hydrogen-bond acceptors (Lipinski definition) is 3. The molecular weight excluding hydrogens is 318 g/mol. The van der Waals surface area contributed by atoms with Crippen LogP contribution in [0.5, 0.6) is 0 Å². The van der Waals surface area contributed by atoms with E-state index >= 15 is 0 Å². The van der Waals surface area contributed by atoms with Crippen molar-refractivity contribution in [3.05, 3.63) is 29.3 Å². The minimum absolute atomic E-state index is 0.0372. The van der Waals surface area contributed by atoms with Crippen molar-refractivity contribution in [2.24, 2.45) is 0 Å². The third kappa shape index (κ3) is 5.19. The number of para-hydroxylation sites is 1. The van der Waals surface area contributed by atoms with E-state index in [1.54, 1.807) is 4.90 Å². The van der Waals surface area contributed by atoms with Gasteiger partial charge in [0.15, 0.2) is 6.54 Å². The molecule has 2 N–H and O–H groups in total. The molecule has 0 aromatic heterocycles. The van der Waals surface area contributed by atoms with Gasteiger partial charge >= 0.3 is 6.09 Å². The zero-order valence-electron chi connectivity index (χ0n) is 15.6. The summed E-state index contributed by atoms with van der Waals surface area (Å²) in [5, 5.41) is 3.12. The molecule has 0 atom stereocenters. The lowest BCUT2D eigenvalue weighted by Crippen LogP contribution is -3.15. The molecule has 1 fully saturated rings. The lowest BCUT2D eigenvalue weighted by atomic mass is 10.0. The van der Waals surface area contributed by atoms with Crippen molar-refractivity contribution in [2.45, 2.75) is 33.6 Å². The molecule has 1 aromatic rings. The number of carbonyl (C=O) groups excluding carboxylic acids is 2. The second-order valence-electron chi connectivity index (χ2n) is 6.32. The number of benzene rings is 1. The number of nitrogens with zero attached hydrogens (tertiary/aromatic N) is 1. The van der Waals surface area contributed by atoms with Crippen molar-refractivity contribution in [1.82, 2.24) is 4.90 Å². The number of aryl methyl sites for hydroxylation is 2. The van der Waals surface area contributed by atoms with Crippen LogP contribution in [0.3, 0.4) is 0 Å². The van der Waals surface area contributed by atoms with Gasteiger partial charge < -0.3 is 15.0 Å². The van der Waals surface area contributed by atoms with Crippen molar-refractivity contribution in [1.29, 1.82) is 0 Å². The first-order chi connectivity index (χ1) is 12.1. The largest absolute Gasteiger partial charge is 0.450 e. The lowest BCUT2D eigenvalue weighted by Gasteiger charge is -2.31. The summed E-state index contributed by atoms with van der Waals surface area (Å²) in [6, 6.07) is 6.19. The van der Waals surface area contributed by atoms with Gasteiger partial charge in [-0.1, -0.05) is 32.0 Å². The van der Waals surface area contributed by atoms with Crippen molar-refractivity contribution in [3.63, 3.8) is 0 Å². The Kier molecular flexibility index (Phi) is 7.25. The molecule has 1 aromatic carbocycles. The summed E-state index contributed by atoms with van der Waals surface area (Å²) in [5.41, 5.74) is 3.33. The van der Waals surface area contributed by atoms with E-state index in [-0.39, 0.29) is 12.0 Å². The first-order valence-corrected chi connectivity index (χ1v) is 9.24. The fraction of sp³-hybridized carbons (Fsp3) is 0.579. The highest BCUT2D eigenvalue weighted by Crippen LogP contribution is 2.22. The van der Waals surface area contributed by atoms with Crippen molar-refractivity contribution in [3.8, 4) is 0 Å². The molecule has 0 spiro atoms. The van der Waals surface area contributed by atoms with Crippen molar-refractivity contribution < 1.29 is 19.2 Å². The number of quaternary nitrogens is 1. The Hall–Kier alpha value is -2.08. The summed E-state index contributed by atoms with van der Waals surface area (Å²) < 4.78 is 5.03. The van der Waals surface area contributed by atoms with Crippen LogP contribution in [0.2, 0.25) is 0 Å². The first kappa shape index (κ1) is 19.2. The number of piperazine rings is 1. The van der Waals surface area contributed by atoms with E-state index in [0.29, 0.717) is 26.2 Å². The third-order valence-corrected chi connectivity index (χ3v) is 4.67. The smallest absolute Gasteiger partial charge is 0.410 e. The Bertz CT molecular complexity index is 573. The van der Waals surface area contributed by atoms with Crippen LogP contribution in [0.25, 0.3) is 0 Å². The van der Waals surface area contributed by atoms with Gasteiger partial charge in [-0.15, -0.1) is 0 Å². The van der Waals surface area contributed by atoms with Crippen LogP contribution in [0.15, 0.2) is 18.2 Å². The van der Waals surface area contributed by atoms with E-state index in [1.807, 2.05) is 13.0 Å². The maximum Gasteiger partial charge on any atom is 0.410 e. The van der Waals surface area contributed by atoms with Crippen molar-refractivity contribution in [2.75, 3.05) is 44.6 Å². The molecule has 1 saturated heterocycles. The Morgan fingerprint density at radius 3 is 2.24 bits per heavy atom. The normalized spacial score (nSPS) is 15.1. The highest BCUT2D eigenvalue weighted by Gasteiger charge is 2.26. The standard InChI is InChI=1S/C19H29N3O3/c1-4-15-8-7-9-16(5-2)18(15)20-17(23)14-21-10-12-22(13-11-21)19(24)25-6-3/h7-9H,4-6,10-14H2,1-3H3,(H,20,23)/p+1. The molecular formula is C19H30N3O3+. The highest BCUT2D eigenvalue weighted by atomic mass is 16.6. The molecule has 0 bridgehead atoms. The monoisotopic (exact) mass is 348 g/mol. The van der Waals surface area contributed by atoms with Crippen LogP contribution in [0, 0.1) is 0 Å². The fourth-order valence-electron chi connectivity index (χ4n) is 3.21. The van der Waals surface area contributed by atoms with Gasteiger partial charge in [0.1, 0.15) is 0 Å². The summed E-state index contributed by atoms with van der Waals surface area (Å²) in [6.45, 7) is 9.63. The van der Waals surface area contributed by atoms with Crippen LogP contribution in [0.1, 0.15) is 31.9 Å². The topological polar surface area (TPSA) is 63.1 Å². The Morgan fingerprint density at radius 1 is 1.12 bits per heavy atom. The molecule has 25 heavy (non-hydrogen) atoms. The predicted molar refractivity (Wildman–Crippen MR) is 98.0 cm³/mol. The van der Waals surface area contributed by atoms with Crippen molar-refractivity contribution >= 4 is 17.7 Å². The van der Waals surface area contributed by atoms with Gasteiger partial charge in [-0.25, -0.2) is 4.79 Å². The van der Waals surface area contributed by atoms with Gasteiger partial charge in [-0.3, -0.25) is 9.69 Å². The van der Waals surface area contributed by atoms with Crippen LogP contribution < -0.4 is 10.2 Å². The summed E-state index contributed by atoms with van der Waals surface area (Å²) in [5.74, 6) is 0.0372. The maximum absolute atomic E-state index is 12.5. The average molecular weight is 348 g/mol. The summed E-state index contributed by atoms with van der Waals surface area (Å²) in [7, 11) is 0. The van der Waals surface area contributed by atoms with Crippen LogP contribution >= 0.6 is 0 Å². The van der Waals surface area contributed by atoms with E-state index in [1.165, 1.54) is 16.0 Å². The van der Waals surface area contributed by atoms with Crippen LogP contribution in [-0.2, 0) is 22.4 Å². The Labute approximate surface area is 150 Å². The molecule has 0 unspecified atom stereocenters. The Balaban J connectivity index is 1.89. The zero-order valence-corrected chi connectivity index (χ0v) is 15.6. The molecule has 2 amide bonds. The summed E-state index contributed by atoms with van der Waals surface area (Å²) >= 11 is 0. The van der Waals surface area contributed by atoms with Crippen LogP contribution in [-0.4, -0.2) is 56.2 Å². The van der Waals surface area contributed by atoms with E-state index in [0.717, 1.165) is 31.6 Å². The van der Waals surface area contributed by atoms with Crippen LogP contribution in [0.4, 0.5) is 10.5 Å². The number of nitrogens with one attached hydrogen (secondary N) is 2. The minimum atomic E-state index is -0.254. The summed E-state index contributed by atoms with van der Waals surface area (Å²) in [4.78, 5) is 27.1.